The number of piperazine rings is 1. The first-order chi connectivity index (χ1) is 16.7. The Labute approximate surface area is 205 Å². The molecule has 10 heteroatoms. The van der Waals surface area contributed by atoms with Crippen molar-refractivity contribution in [2.45, 2.75) is 32.7 Å². The summed E-state index contributed by atoms with van der Waals surface area (Å²) in [6.07, 6.45) is 2.32. The predicted octanol–water partition coefficient (Wildman–Crippen LogP) is 1.87. The van der Waals surface area contributed by atoms with Gasteiger partial charge in [0.15, 0.2) is 5.78 Å². The number of fused-ring (bicyclic) bond motifs is 1. The number of Topliss-reactive ketones (excluding diaryl/α,β-unsaturated/α-hetero) is 1. The number of aromatic nitrogens is 1. The second-order valence-corrected chi connectivity index (χ2v) is 11.7. The molecule has 9 nitrogen and oxygen atoms in total. The minimum Gasteiger partial charge on any atom is -0.345 e. The lowest BCUT2D eigenvalue weighted by Crippen LogP contribution is -2.51. The summed E-state index contributed by atoms with van der Waals surface area (Å²) in [5.74, 6) is -1.16. The second kappa shape index (κ2) is 9.00. The smallest absolute Gasteiger partial charge is 0.261 e. The van der Waals surface area contributed by atoms with E-state index in [-0.39, 0.29) is 37.7 Å². The second-order valence-electron chi connectivity index (χ2n) is 9.61. The fraction of sp³-hybridized carbons (Fsp3) is 0.480. The number of benzene rings is 1. The molecule has 2 aromatic rings. The topological polar surface area (TPSA) is 100 Å². The van der Waals surface area contributed by atoms with Gasteiger partial charge in [0.05, 0.1) is 23.4 Å². The van der Waals surface area contributed by atoms with Gasteiger partial charge in [-0.3, -0.25) is 24.2 Å². The Bertz CT molecular complexity index is 1270. The molecule has 1 saturated carbocycles. The molecule has 0 spiro atoms. The van der Waals surface area contributed by atoms with Gasteiger partial charge in [0.25, 0.3) is 11.8 Å². The van der Waals surface area contributed by atoms with Crippen molar-refractivity contribution in [1.82, 2.24) is 18.7 Å². The van der Waals surface area contributed by atoms with Crippen LogP contribution in [0.5, 0.6) is 0 Å². The fourth-order valence-electron chi connectivity index (χ4n) is 5.19. The molecule has 0 N–H and O–H groups in total. The number of rotatable bonds is 8. The summed E-state index contributed by atoms with van der Waals surface area (Å²) in [5, 5.41) is 0. The number of imide groups is 1. The summed E-state index contributed by atoms with van der Waals surface area (Å²) < 4.78 is 29.5. The van der Waals surface area contributed by atoms with E-state index in [9.17, 15) is 22.8 Å². The summed E-state index contributed by atoms with van der Waals surface area (Å²) >= 11 is 0. The Morgan fingerprint density at radius 2 is 1.57 bits per heavy atom. The molecule has 2 aliphatic heterocycles. The van der Waals surface area contributed by atoms with Crippen LogP contribution in [-0.2, 0) is 10.0 Å². The average molecular weight is 499 g/mol. The van der Waals surface area contributed by atoms with E-state index in [1.807, 2.05) is 24.8 Å². The lowest BCUT2D eigenvalue weighted by molar-refractivity contribution is 0.0663. The Balaban J connectivity index is 1.15. The number of ketones is 1. The molecule has 2 fully saturated rings. The first-order valence-corrected chi connectivity index (χ1v) is 13.7. The highest BCUT2D eigenvalue weighted by Gasteiger charge is 2.37. The number of hydrogen-bond donors (Lipinski definition) is 0. The molecular weight excluding hydrogens is 468 g/mol. The summed E-state index contributed by atoms with van der Waals surface area (Å²) in [6.45, 7) is 5.59. The van der Waals surface area contributed by atoms with E-state index in [0.717, 1.165) is 34.7 Å². The van der Waals surface area contributed by atoms with Gasteiger partial charge in [0.2, 0.25) is 10.0 Å². The molecule has 1 aromatic carbocycles. The number of aryl methyl sites for hydroxylation is 1. The summed E-state index contributed by atoms with van der Waals surface area (Å²) in [7, 11) is -3.65. The number of amides is 2. The quantitative estimate of drug-likeness (QED) is 0.407. The molecule has 5 rings (SSSR count). The minimum atomic E-state index is -3.65. The van der Waals surface area contributed by atoms with Gasteiger partial charge in [0.1, 0.15) is 0 Å². The van der Waals surface area contributed by atoms with E-state index >= 15 is 0 Å². The molecule has 3 heterocycles. The third kappa shape index (κ3) is 4.46. The number of hydrogen-bond acceptors (Lipinski definition) is 6. The van der Waals surface area contributed by atoms with E-state index in [4.69, 9.17) is 0 Å². The van der Waals surface area contributed by atoms with Crippen molar-refractivity contribution in [2.24, 2.45) is 0 Å². The van der Waals surface area contributed by atoms with Crippen molar-refractivity contribution in [1.29, 1.82) is 0 Å². The number of nitrogens with zero attached hydrogens (tertiary/aromatic N) is 4. The maximum Gasteiger partial charge on any atom is 0.261 e. The molecule has 0 atom stereocenters. The van der Waals surface area contributed by atoms with Crippen LogP contribution in [0, 0.1) is 13.8 Å². The maximum absolute atomic E-state index is 13.0. The zero-order valence-corrected chi connectivity index (χ0v) is 20.9. The van der Waals surface area contributed by atoms with E-state index in [0.29, 0.717) is 30.3 Å². The van der Waals surface area contributed by atoms with Crippen molar-refractivity contribution in [3.63, 3.8) is 0 Å². The Hall–Kier alpha value is -2.82. The normalized spacial score (nSPS) is 19.4. The third-order valence-corrected chi connectivity index (χ3v) is 9.09. The van der Waals surface area contributed by atoms with Crippen LogP contribution < -0.4 is 0 Å². The molecule has 1 saturated heterocycles. The third-order valence-electron chi connectivity index (χ3n) is 7.24. The van der Waals surface area contributed by atoms with Crippen LogP contribution in [0.1, 0.15) is 61.3 Å². The molecule has 0 radical (unpaired) electrons. The summed E-state index contributed by atoms with van der Waals surface area (Å²) in [6, 6.07) is 9.00. The van der Waals surface area contributed by atoms with E-state index < -0.39 is 21.8 Å². The van der Waals surface area contributed by atoms with Crippen molar-refractivity contribution in [3.8, 4) is 0 Å². The zero-order chi connectivity index (χ0) is 24.9. The van der Waals surface area contributed by atoms with Crippen LogP contribution in [0.25, 0.3) is 0 Å². The lowest BCUT2D eigenvalue weighted by atomic mass is 10.1. The summed E-state index contributed by atoms with van der Waals surface area (Å²) in [4.78, 5) is 41.0. The van der Waals surface area contributed by atoms with Crippen molar-refractivity contribution in [2.75, 3.05) is 45.0 Å². The Morgan fingerprint density at radius 3 is 2.14 bits per heavy atom. The van der Waals surface area contributed by atoms with Crippen LogP contribution in [0.4, 0.5) is 0 Å². The first-order valence-electron chi connectivity index (χ1n) is 12.0. The van der Waals surface area contributed by atoms with Gasteiger partial charge in [-0.2, -0.15) is 4.31 Å². The molecule has 3 aliphatic rings. The molecule has 186 valence electrons. The molecule has 0 bridgehead atoms. The maximum atomic E-state index is 13.0. The van der Waals surface area contributed by atoms with Crippen LogP contribution in [0.15, 0.2) is 30.3 Å². The molecule has 35 heavy (non-hydrogen) atoms. The summed E-state index contributed by atoms with van der Waals surface area (Å²) in [5.41, 5.74) is 3.51. The van der Waals surface area contributed by atoms with E-state index in [1.165, 1.54) is 4.31 Å². The zero-order valence-electron chi connectivity index (χ0n) is 20.1. The van der Waals surface area contributed by atoms with Gasteiger partial charge < -0.3 is 4.57 Å². The highest BCUT2D eigenvalue weighted by Crippen LogP contribution is 2.38. The number of sulfonamides is 1. The highest BCUT2D eigenvalue weighted by atomic mass is 32.2. The molecule has 1 aromatic heterocycles. The molecule has 1 aliphatic carbocycles. The minimum absolute atomic E-state index is 0.0620. The standard InChI is InChI=1S/C25H30N4O5S/c1-17-15-22(18(2)29(17)19-7-8-19)23(30)16-26-9-11-27(12-10-26)35(33,34)14-13-28-24(31)20-5-3-4-6-21(20)25(28)32/h3-6,15,19H,7-14,16H2,1-2H3. The van der Waals surface area contributed by atoms with Crippen molar-refractivity contribution in [3.05, 3.63) is 58.4 Å². The van der Waals surface area contributed by atoms with Crippen molar-refractivity contribution >= 4 is 27.6 Å². The Kier molecular flexibility index (Phi) is 6.14. The lowest BCUT2D eigenvalue weighted by Gasteiger charge is -2.33. The van der Waals surface area contributed by atoms with Crippen molar-refractivity contribution < 1.29 is 22.8 Å². The van der Waals surface area contributed by atoms with Crippen LogP contribution in [0.2, 0.25) is 0 Å². The van der Waals surface area contributed by atoms with Crippen LogP contribution in [0.3, 0.4) is 0 Å². The van der Waals surface area contributed by atoms with E-state index in [1.54, 1.807) is 24.3 Å². The highest BCUT2D eigenvalue weighted by molar-refractivity contribution is 7.89. The molecular formula is C25H30N4O5S. The van der Waals surface area contributed by atoms with Gasteiger partial charge in [-0.15, -0.1) is 0 Å². The fourth-order valence-corrected chi connectivity index (χ4v) is 6.58. The van der Waals surface area contributed by atoms with E-state index in [2.05, 4.69) is 4.57 Å². The van der Waals surface area contributed by atoms with Gasteiger partial charge in [-0.1, -0.05) is 12.1 Å². The first kappa shape index (κ1) is 23.9. The van der Waals surface area contributed by atoms with Gasteiger partial charge >= 0.3 is 0 Å². The number of carbonyl (C=O) groups excluding carboxylic acids is 3. The van der Waals surface area contributed by atoms with Crippen LogP contribution >= 0.6 is 0 Å². The van der Waals surface area contributed by atoms with Gasteiger partial charge in [-0.25, -0.2) is 8.42 Å². The predicted molar refractivity (Wildman–Crippen MR) is 130 cm³/mol. The Morgan fingerprint density at radius 1 is 0.971 bits per heavy atom. The van der Waals surface area contributed by atoms with Gasteiger partial charge in [-0.05, 0) is 44.9 Å². The molecule has 0 unspecified atom stereocenters. The average Bonchev–Trinajstić information content (AvgIpc) is 3.58. The van der Waals surface area contributed by atoms with Crippen LogP contribution in [-0.4, -0.2) is 89.7 Å². The largest absolute Gasteiger partial charge is 0.345 e. The number of carbonyl (C=O) groups is 3. The SMILES string of the molecule is Cc1cc(C(=O)CN2CCN(S(=O)(=O)CCN3C(=O)c4ccccc4C3=O)CC2)c(C)n1C1CC1. The monoisotopic (exact) mass is 498 g/mol. The molecule has 2 amide bonds. The van der Waals surface area contributed by atoms with Gasteiger partial charge in [0, 0.05) is 55.7 Å².